The van der Waals surface area contributed by atoms with Crippen LogP contribution in [-0.4, -0.2) is 29.9 Å². The number of hydrogen-bond donors (Lipinski definition) is 1. The molecule has 7 nitrogen and oxygen atoms in total. The average molecular weight is 554 g/mol. The van der Waals surface area contributed by atoms with Crippen molar-refractivity contribution in [3.8, 4) is 0 Å². The van der Waals surface area contributed by atoms with E-state index in [4.69, 9.17) is 15.2 Å². The third-order valence-electron chi connectivity index (χ3n) is 7.10. The Balaban J connectivity index is 3.71. The number of unbranched alkanes of at least 4 members (excludes halogenated alkanes) is 20. The first-order valence-electron chi connectivity index (χ1n) is 16.1. The number of esters is 4. The standard InChI is InChI=1S/C32H59NO6/c1-3-5-7-9-11-13-15-17-19-21-23-25-29(34)38-31(36)27-28(33)32(37)39-30(35)26-24-22-20-18-16-14-12-10-8-6-4-2/h28H,3-27,33H2,1-2H3. The Hall–Kier alpha value is -1.76. The summed E-state index contributed by atoms with van der Waals surface area (Å²) in [5.74, 6) is -3.07. The van der Waals surface area contributed by atoms with Crippen LogP contribution in [0.3, 0.4) is 0 Å². The predicted octanol–water partition coefficient (Wildman–Crippen LogP) is 8.25. The van der Waals surface area contributed by atoms with E-state index in [-0.39, 0.29) is 12.8 Å². The van der Waals surface area contributed by atoms with Crippen LogP contribution >= 0.6 is 0 Å². The zero-order chi connectivity index (χ0) is 29.0. The quantitative estimate of drug-likeness (QED) is 0.0619. The van der Waals surface area contributed by atoms with E-state index < -0.39 is 36.3 Å². The minimum atomic E-state index is -1.33. The lowest BCUT2D eigenvalue weighted by Gasteiger charge is -2.10. The Kier molecular flexibility index (Phi) is 26.5. The molecule has 0 saturated carbocycles. The van der Waals surface area contributed by atoms with Crippen molar-refractivity contribution in [1.82, 2.24) is 0 Å². The summed E-state index contributed by atoms with van der Waals surface area (Å²) in [5.41, 5.74) is 5.68. The van der Waals surface area contributed by atoms with Gasteiger partial charge in [-0.25, -0.2) is 4.79 Å². The fraction of sp³-hybridized carbons (Fsp3) is 0.875. The van der Waals surface area contributed by atoms with Crippen LogP contribution in [0.2, 0.25) is 0 Å². The number of rotatable bonds is 27. The molecule has 0 aromatic rings. The average Bonchev–Trinajstić information content (AvgIpc) is 2.90. The second-order valence-electron chi connectivity index (χ2n) is 11.0. The highest BCUT2D eigenvalue weighted by Gasteiger charge is 2.23. The van der Waals surface area contributed by atoms with E-state index in [0.717, 1.165) is 38.5 Å². The van der Waals surface area contributed by atoms with Gasteiger partial charge in [0.05, 0.1) is 6.42 Å². The Bertz CT molecular complexity index is 636. The van der Waals surface area contributed by atoms with Gasteiger partial charge in [-0.05, 0) is 12.8 Å². The zero-order valence-corrected chi connectivity index (χ0v) is 25.3. The van der Waals surface area contributed by atoms with Gasteiger partial charge in [-0.2, -0.15) is 0 Å². The van der Waals surface area contributed by atoms with Crippen molar-refractivity contribution in [2.75, 3.05) is 0 Å². The summed E-state index contributed by atoms with van der Waals surface area (Å²) in [6, 6.07) is -1.33. The van der Waals surface area contributed by atoms with Crippen LogP contribution in [0.5, 0.6) is 0 Å². The molecule has 0 aromatic heterocycles. The van der Waals surface area contributed by atoms with Crippen LogP contribution < -0.4 is 5.73 Å². The predicted molar refractivity (Wildman–Crippen MR) is 157 cm³/mol. The molecule has 0 heterocycles. The van der Waals surface area contributed by atoms with Gasteiger partial charge in [0.2, 0.25) is 0 Å². The largest absolute Gasteiger partial charge is 0.393 e. The summed E-state index contributed by atoms with van der Waals surface area (Å²) in [6.45, 7) is 4.45. The lowest BCUT2D eigenvalue weighted by atomic mass is 10.1. The van der Waals surface area contributed by atoms with Crippen LogP contribution in [0, 0.1) is 0 Å². The molecule has 0 amide bonds. The fourth-order valence-corrected chi connectivity index (χ4v) is 4.59. The molecule has 0 rings (SSSR count). The molecule has 39 heavy (non-hydrogen) atoms. The van der Waals surface area contributed by atoms with E-state index >= 15 is 0 Å². The highest BCUT2D eigenvalue weighted by molar-refractivity contribution is 5.92. The second-order valence-corrected chi connectivity index (χ2v) is 11.0. The highest BCUT2D eigenvalue weighted by Crippen LogP contribution is 2.13. The van der Waals surface area contributed by atoms with E-state index in [1.54, 1.807) is 0 Å². The molecule has 0 aromatic carbocycles. The molecule has 0 aliphatic carbocycles. The summed E-state index contributed by atoms with van der Waals surface area (Å²) in [4.78, 5) is 47.7. The number of carbonyl (C=O) groups excluding carboxylic acids is 4. The molecular weight excluding hydrogens is 494 g/mol. The molecule has 2 N–H and O–H groups in total. The van der Waals surface area contributed by atoms with E-state index in [1.807, 2.05) is 0 Å². The molecule has 0 radical (unpaired) electrons. The van der Waals surface area contributed by atoms with Gasteiger partial charge in [-0.3, -0.25) is 14.4 Å². The molecule has 0 fully saturated rings. The summed E-state index contributed by atoms with van der Waals surface area (Å²) in [5, 5.41) is 0. The Morgan fingerprint density at radius 3 is 1.13 bits per heavy atom. The van der Waals surface area contributed by atoms with Gasteiger partial charge in [0.15, 0.2) is 0 Å². The zero-order valence-electron chi connectivity index (χ0n) is 25.3. The lowest BCUT2D eigenvalue weighted by molar-refractivity contribution is -0.166. The maximum atomic E-state index is 12.0. The number of nitrogens with two attached hydrogens (primary N) is 1. The molecule has 1 unspecified atom stereocenters. The molecule has 0 bridgehead atoms. The van der Waals surface area contributed by atoms with E-state index in [2.05, 4.69) is 13.8 Å². The third kappa shape index (κ3) is 26.2. The van der Waals surface area contributed by atoms with Crippen molar-refractivity contribution < 1.29 is 28.7 Å². The highest BCUT2D eigenvalue weighted by atomic mass is 16.6. The van der Waals surface area contributed by atoms with E-state index in [0.29, 0.717) is 12.8 Å². The first-order valence-corrected chi connectivity index (χ1v) is 16.1. The van der Waals surface area contributed by atoms with Crippen molar-refractivity contribution >= 4 is 23.9 Å². The first-order chi connectivity index (χ1) is 18.9. The van der Waals surface area contributed by atoms with Crippen molar-refractivity contribution in [3.05, 3.63) is 0 Å². The smallest absolute Gasteiger partial charge is 0.331 e. The van der Waals surface area contributed by atoms with Crippen molar-refractivity contribution in [2.24, 2.45) is 5.73 Å². The molecule has 0 aliphatic heterocycles. The Morgan fingerprint density at radius 2 is 0.769 bits per heavy atom. The van der Waals surface area contributed by atoms with Gasteiger partial charge in [-0.15, -0.1) is 0 Å². The topological polar surface area (TPSA) is 113 Å². The van der Waals surface area contributed by atoms with Crippen LogP contribution in [0.4, 0.5) is 0 Å². The van der Waals surface area contributed by atoms with Crippen LogP contribution in [0.1, 0.15) is 174 Å². The summed E-state index contributed by atoms with van der Waals surface area (Å²) >= 11 is 0. The molecule has 7 heteroatoms. The summed E-state index contributed by atoms with van der Waals surface area (Å²) in [6.07, 6.45) is 25.6. The molecule has 1 atom stereocenters. The van der Waals surface area contributed by atoms with Gasteiger partial charge in [-0.1, -0.05) is 142 Å². The second kappa shape index (κ2) is 27.8. The minimum Gasteiger partial charge on any atom is -0.393 e. The normalized spacial score (nSPS) is 11.8. The molecular formula is C32H59NO6. The van der Waals surface area contributed by atoms with Gasteiger partial charge in [0.1, 0.15) is 6.04 Å². The number of hydrogen-bond acceptors (Lipinski definition) is 7. The summed E-state index contributed by atoms with van der Waals surface area (Å²) < 4.78 is 9.52. The van der Waals surface area contributed by atoms with Crippen molar-refractivity contribution in [3.63, 3.8) is 0 Å². The summed E-state index contributed by atoms with van der Waals surface area (Å²) in [7, 11) is 0. The third-order valence-corrected chi connectivity index (χ3v) is 7.10. The monoisotopic (exact) mass is 553 g/mol. The van der Waals surface area contributed by atoms with Gasteiger partial charge in [0, 0.05) is 12.8 Å². The SMILES string of the molecule is CCCCCCCCCCCCCC(=O)OC(=O)CC(N)C(=O)OC(=O)CCCCCCCCCCCCC. The van der Waals surface area contributed by atoms with Gasteiger partial charge in [0.25, 0.3) is 0 Å². The van der Waals surface area contributed by atoms with Crippen molar-refractivity contribution in [2.45, 2.75) is 180 Å². The van der Waals surface area contributed by atoms with Crippen LogP contribution in [0.25, 0.3) is 0 Å². The molecule has 0 spiro atoms. The maximum absolute atomic E-state index is 12.0. The number of ether oxygens (including phenoxy) is 2. The Labute approximate surface area is 238 Å². The van der Waals surface area contributed by atoms with E-state index in [1.165, 1.54) is 89.9 Å². The fourth-order valence-electron chi connectivity index (χ4n) is 4.59. The van der Waals surface area contributed by atoms with Gasteiger partial charge < -0.3 is 15.2 Å². The Morgan fingerprint density at radius 1 is 0.462 bits per heavy atom. The minimum absolute atomic E-state index is 0.150. The maximum Gasteiger partial charge on any atom is 0.331 e. The number of carbonyl (C=O) groups is 4. The van der Waals surface area contributed by atoms with Gasteiger partial charge >= 0.3 is 23.9 Å². The molecule has 228 valence electrons. The molecule has 0 aliphatic rings. The van der Waals surface area contributed by atoms with Crippen LogP contribution in [0.15, 0.2) is 0 Å². The van der Waals surface area contributed by atoms with Crippen molar-refractivity contribution in [1.29, 1.82) is 0 Å². The first kappa shape index (κ1) is 37.2. The lowest BCUT2D eigenvalue weighted by Crippen LogP contribution is -2.36. The van der Waals surface area contributed by atoms with Crippen LogP contribution in [-0.2, 0) is 28.7 Å². The van der Waals surface area contributed by atoms with E-state index in [9.17, 15) is 19.2 Å². The molecule has 0 saturated heterocycles.